The highest BCUT2D eigenvalue weighted by Crippen LogP contribution is 2.54. The van der Waals surface area contributed by atoms with Gasteiger partial charge in [0.15, 0.2) is 5.78 Å². The van der Waals surface area contributed by atoms with E-state index in [2.05, 4.69) is 0 Å². The van der Waals surface area contributed by atoms with E-state index < -0.39 is 11.5 Å². The first-order valence-corrected chi connectivity index (χ1v) is 5.57. The van der Waals surface area contributed by atoms with Gasteiger partial charge in [0.25, 0.3) is 0 Å². The summed E-state index contributed by atoms with van der Waals surface area (Å²) in [6.45, 7) is 0. The minimum Gasteiger partial charge on any atom is -0.387 e. The molecule has 78 valence electrons. The Morgan fingerprint density at radius 2 is 1.87 bits per heavy atom. The fraction of sp³-hybridized carbons (Fsp3) is 0.462. The van der Waals surface area contributed by atoms with Crippen LogP contribution in [0.4, 0.5) is 0 Å². The number of carbonyl (C=O) groups excluding carboxylic acids is 1. The molecule has 1 fully saturated rings. The van der Waals surface area contributed by atoms with Crippen molar-refractivity contribution < 1.29 is 9.90 Å². The Hall–Kier alpha value is -1.15. The highest BCUT2D eigenvalue weighted by molar-refractivity contribution is 6.05. The Morgan fingerprint density at radius 3 is 2.53 bits per heavy atom. The normalized spacial score (nSPS) is 27.3. The van der Waals surface area contributed by atoms with Crippen molar-refractivity contribution in [2.75, 3.05) is 0 Å². The summed E-state index contributed by atoms with van der Waals surface area (Å²) in [6.07, 6.45) is 3.26. The van der Waals surface area contributed by atoms with Gasteiger partial charge in [-0.15, -0.1) is 0 Å². The van der Waals surface area contributed by atoms with Gasteiger partial charge in [0.2, 0.25) is 0 Å². The molecule has 0 unspecified atom stereocenters. The molecule has 2 aliphatic rings. The van der Waals surface area contributed by atoms with Crippen LogP contribution >= 0.6 is 0 Å². The Bertz CT molecular complexity index is 416. The molecular formula is C13H14O2. The first kappa shape index (κ1) is 9.10. The first-order valence-electron chi connectivity index (χ1n) is 5.57. The van der Waals surface area contributed by atoms with Gasteiger partial charge in [-0.05, 0) is 18.4 Å². The second kappa shape index (κ2) is 2.92. The summed E-state index contributed by atoms with van der Waals surface area (Å²) >= 11 is 0. The molecule has 0 radical (unpaired) electrons. The van der Waals surface area contributed by atoms with Crippen molar-refractivity contribution in [3.63, 3.8) is 0 Å². The highest BCUT2D eigenvalue weighted by atomic mass is 16.3. The first-order chi connectivity index (χ1) is 7.26. The molecule has 1 aromatic rings. The van der Waals surface area contributed by atoms with Crippen molar-refractivity contribution in [2.24, 2.45) is 5.41 Å². The molecule has 0 aliphatic heterocycles. The van der Waals surface area contributed by atoms with Crippen molar-refractivity contribution in [1.29, 1.82) is 0 Å². The zero-order chi connectivity index (χ0) is 10.5. The van der Waals surface area contributed by atoms with Crippen LogP contribution in [0.1, 0.15) is 47.7 Å². The van der Waals surface area contributed by atoms with Gasteiger partial charge in [-0.3, -0.25) is 4.79 Å². The third-order valence-corrected chi connectivity index (χ3v) is 3.97. The van der Waals surface area contributed by atoms with Crippen LogP contribution < -0.4 is 0 Å². The molecule has 2 heteroatoms. The van der Waals surface area contributed by atoms with Crippen LogP contribution in [0, 0.1) is 5.41 Å². The van der Waals surface area contributed by atoms with Crippen LogP contribution in [0.3, 0.4) is 0 Å². The molecule has 0 heterocycles. The fourth-order valence-corrected chi connectivity index (χ4v) is 3.14. The van der Waals surface area contributed by atoms with Crippen molar-refractivity contribution in [1.82, 2.24) is 0 Å². The van der Waals surface area contributed by atoms with Gasteiger partial charge in [-0.2, -0.15) is 0 Å². The van der Waals surface area contributed by atoms with Gasteiger partial charge >= 0.3 is 0 Å². The second-order valence-electron chi connectivity index (χ2n) is 4.68. The summed E-state index contributed by atoms with van der Waals surface area (Å²) in [5.41, 5.74) is 1.11. The molecular weight excluding hydrogens is 188 g/mol. The summed E-state index contributed by atoms with van der Waals surface area (Å²) in [5.74, 6) is 0.170. The Labute approximate surface area is 88.9 Å². The predicted molar refractivity (Wildman–Crippen MR) is 56.6 cm³/mol. The van der Waals surface area contributed by atoms with E-state index in [4.69, 9.17) is 0 Å². The van der Waals surface area contributed by atoms with Gasteiger partial charge in [-0.25, -0.2) is 0 Å². The molecule has 2 aliphatic carbocycles. The van der Waals surface area contributed by atoms with Crippen LogP contribution in [0.25, 0.3) is 0 Å². The standard InChI is InChI=1S/C13H14O2/c14-11-9-5-1-2-6-10(9)12(15)13(11)7-3-4-8-13/h1-2,5-6,11,14H,3-4,7-8H2/t11-/m0/s1. The number of fused-ring (bicyclic) bond motifs is 1. The molecule has 1 saturated carbocycles. The van der Waals surface area contributed by atoms with Crippen LogP contribution in [0.5, 0.6) is 0 Å². The number of aliphatic hydroxyl groups is 1. The molecule has 0 aromatic heterocycles. The molecule has 1 atom stereocenters. The molecule has 0 saturated heterocycles. The molecule has 1 aromatic carbocycles. The van der Waals surface area contributed by atoms with Crippen molar-refractivity contribution in [2.45, 2.75) is 31.8 Å². The van der Waals surface area contributed by atoms with E-state index in [9.17, 15) is 9.90 Å². The van der Waals surface area contributed by atoms with Gasteiger partial charge in [0.1, 0.15) is 0 Å². The molecule has 1 N–H and O–H groups in total. The van der Waals surface area contributed by atoms with Crippen LogP contribution in [0.2, 0.25) is 0 Å². The topological polar surface area (TPSA) is 37.3 Å². The molecule has 0 amide bonds. The lowest BCUT2D eigenvalue weighted by Gasteiger charge is -2.25. The van der Waals surface area contributed by atoms with Crippen molar-refractivity contribution in [3.8, 4) is 0 Å². The maximum absolute atomic E-state index is 12.3. The number of hydrogen-bond acceptors (Lipinski definition) is 2. The lowest BCUT2D eigenvalue weighted by Crippen LogP contribution is -2.27. The molecule has 0 bridgehead atoms. The summed E-state index contributed by atoms with van der Waals surface area (Å²) < 4.78 is 0. The average Bonchev–Trinajstić information content (AvgIpc) is 2.83. The minimum absolute atomic E-state index is 0.170. The monoisotopic (exact) mass is 202 g/mol. The number of hydrogen-bond donors (Lipinski definition) is 1. The summed E-state index contributed by atoms with van der Waals surface area (Å²) in [6, 6.07) is 7.49. The van der Waals surface area contributed by atoms with Gasteiger partial charge in [-0.1, -0.05) is 37.1 Å². The maximum atomic E-state index is 12.3. The SMILES string of the molecule is O=C1c2ccccc2[C@H](O)C12CCCC2. The number of ketones is 1. The van der Waals surface area contributed by atoms with Gasteiger partial charge < -0.3 is 5.11 Å². The smallest absolute Gasteiger partial charge is 0.172 e. The molecule has 2 nitrogen and oxygen atoms in total. The average molecular weight is 202 g/mol. The number of benzene rings is 1. The summed E-state index contributed by atoms with van der Waals surface area (Å²) in [7, 11) is 0. The van der Waals surface area contributed by atoms with Crippen molar-refractivity contribution >= 4 is 5.78 Å². The van der Waals surface area contributed by atoms with E-state index in [1.807, 2.05) is 24.3 Å². The molecule has 1 spiro atoms. The highest BCUT2D eigenvalue weighted by Gasteiger charge is 2.53. The molecule has 3 rings (SSSR count). The minimum atomic E-state index is -0.566. The lowest BCUT2D eigenvalue weighted by atomic mass is 9.80. The van der Waals surface area contributed by atoms with Gasteiger partial charge in [0, 0.05) is 5.56 Å². The Morgan fingerprint density at radius 1 is 1.20 bits per heavy atom. The number of carbonyl (C=O) groups is 1. The molecule has 15 heavy (non-hydrogen) atoms. The second-order valence-corrected chi connectivity index (χ2v) is 4.68. The van der Waals surface area contributed by atoms with E-state index in [1.54, 1.807) is 0 Å². The Kier molecular flexibility index (Phi) is 1.77. The Balaban J connectivity index is 2.16. The number of Topliss-reactive ketones (excluding diaryl/α,β-unsaturated/α-hetero) is 1. The third-order valence-electron chi connectivity index (χ3n) is 3.97. The largest absolute Gasteiger partial charge is 0.387 e. The van der Waals surface area contributed by atoms with Crippen LogP contribution in [0.15, 0.2) is 24.3 Å². The maximum Gasteiger partial charge on any atom is 0.172 e. The predicted octanol–water partition coefficient (Wildman–Crippen LogP) is 2.48. The fourth-order valence-electron chi connectivity index (χ4n) is 3.14. The summed E-state index contributed by atoms with van der Waals surface area (Å²) in [5, 5.41) is 10.3. The number of rotatable bonds is 0. The third kappa shape index (κ3) is 1.00. The summed E-state index contributed by atoms with van der Waals surface area (Å²) in [4.78, 5) is 12.3. The van der Waals surface area contributed by atoms with E-state index in [1.165, 1.54) is 0 Å². The van der Waals surface area contributed by atoms with E-state index in [0.717, 1.165) is 36.8 Å². The zero-order valence-electron chi connectivity index (χ0n) is 8.57. The van der Waals surface area contributed by atoms with Crippen LogP contribution in [-0.2, 0) is 0 Å². The van der Waals surface area contributed by atoms with Gasteiger partial charge in [0.05, 0.1) is 11.5 Å². The van der Waals surface area contributed by atoms with Crippen molar-refractivity contribution in [3.05, 3.63) is 35.4 Å². The number of aliphatic hydroxyl groups excluding tert-OH is 1. The van der Waals surface area contributed by atoms with E-state index in [-0.39, 0.29) is 5.78 Å². The quantitative estimate of drug-likeness (QED) is 0.701. The van der Waals surface area contributed by atoms with E-state index in [0.29, 0.717) is 0 Å². The van der Waals surface area contributed by atoms with E-state index >= 15 is 0 Å². The van der Waals surface area contributed by atoms with Crippen LogP contribution in [-0.4, -0.2) is 10.9 Å². The lowest BCUT2D eigenvalue weighted by molar-refractivity contribution is 0.0364. The zero-order valence-corrected chi connectivity index (χ0v) is 8.57.